The molecule has 3 aromatic rings. The van der Waals surface area contributed by atoms with E-state index in [1.165, 1.54) is 28.4 Å². The standard InChI is InChI=1S/C19H17F3N4O3S2/c20-15-9-12(17-23-24-18(29-17)16(21)22)1-2-13(15)10-26(14-3-6-30-11-14)19(27)25-4-7-31(28)8-5-25/h1-3,6,9,11,16H,4-5,7-8,10H2. The number of alkyl halides is 2. The Bertz CT molecular complexity index is 1080. The lowest BCUT2D eigenvalue weighted by Gasteiger charge is -2.32. The van der Waals surface area contributed by atoms with Crippen molar-refractivity contribution in [2.24, 2.45) is 0 Å². The molecule has 1 aliphatic heterocycles. The average Bonchev–Trinajstić information content (AvgIpc) is 3.45. The van der Waals surface area contributed by atoms with E-state index in [0.717, 1.165) is 6.07 Å². The number of rotatable bonds is 5. The van der Waals surface area contributed by atoms with E-state index < -0.39 is 28.9 Å². The number of anilines is 1. The van der Waals surface area contributed by atoms with Gasteiger partial charge in [-0.05, 0) is 23.6 Å². The number of benzene rings is 1. The summed E-state index contributed by atoms with van der Waals surface area (Å²) in [5, 5.41) is 10.4. The maximum absolute atomic E-state index is 14.8. The van der Waals surface area contributed by atoms with Gasteiger partial charge < -0.3 is 9.32 Å². The maximum Gasteiger partial charge on any atom is 0.324 e. The fraction of sp³-hybridized carbons (Fsp3) is 0.316. The van der Waals surface area contributed by atoms with Gasteiger partial charge in [-0.25, -0.2) is 9.18 Å². The molecule has 12 heteroatoms. The number of thiophene rings is 1. The molecule has 1 saturated heterocycles. The highest BCUT2D eigenvalue weighted by Crippen LogP contribution is 2.27. The van der Waals surface area contributed by atoms with Crippen molar-refractivity contribution >= 4 is 33.9 Å². The second kappa shape index (κ2) is 9.18. The van der Waals surface area contributed by atoms with Crippen molar-refractivity contribution in [3.05, 3.63) is 52.3 Å². The molecule has 0 spiro atoms. The van der Waals surface area contributed by atoms with Gasteiger partial charge in [0.15, 0.2) is 0 Å². The summed E-state index contributed by atoms with van der Waals surface area (Å²) in [7, 11) is -0.928. The third-order valence-corrected chi connectivity index (χ3v) is 6.70. The summed E-state index contributed by atoms with van der Waals surface area (Å²) in [6.07, 6.45) is -2.91. The van der Waals surface area contributed by atoms with Crippen molar-refractivity contribution in [3.63, 3.8) is 0 Å². The van der Waals surface area contributed by atoms with Crippen LogP contribution in [0.3, 0.4) is 0 Å². The Morgan fingerprint density at radius 1 is 1.26 bits per heavy atom. The topological polar surface area (TPSA) is 79.5 Å². The van der Waals surface area contributed by atoms with Crippen LogP contribution in [0.5, 0.6) is 0 Å². The number of amides is 2. The van der Waals surface area contributed by atoms with Gasteiger partial charge in [-0.15, -0.1) is 10.2 Å². The van der Waals surface area contributed by atoms with Gasteiger partial charge in [0.2, 0.25) is 5.89 Å². The average molecular weight is 470 g/mol. The van der Waals surface area contributed by atoms with Gasteiger partial charge in [0.1, 0.15) is 5.82 Å². The minimum atomic E-state index is -2.91. The Morgan fingerprint density at radius 2 is 2.03 bits per heavy atom. The minimum absolute atomic E-state index is 0.0343. The fourth-order valence-corrected chi connectivity index (χ4v) is 4.79. The van der Waals surface area contributed by atoms with Crippen molar-refractivity contribution in [3.8, 4) is 11.5 Å². The predicted molar refractivity (Wildman–Crippen MR) is 110 cm³/mol. The van der Waals surface area contributed by atoms with E-state index in [-0.39, 0.29) is 29.6 Å². The van der Waals surface area contributed by atoms with Crippen LogP contribution in [-0.2, 0) is 17.3 Å². The molecule has 0 aliphatic carbocycles. The van der Waals surface area contributed by atoms with E-state index in [2.05, 4.69) is 10.2 Å². The van der Waals surface area contributed by atoms with Crippen LogP contribution in [0.2, 0.25) is 0 Å². The number of hydrogen-bond donors (Lipinski definition) is 0. The number of nitrogens with zero attached hydrogens (tertiary/aromatic N) is 4. The lowest BCUT2D eigenvalue weighted by Crippen LogP contribution is -2.48. The third kappa shape index (κ3) is 4.79. The van der Waals surface area contributed by atoms with Gasteiger partial charge in [-0.2, -0.15) is 20.1 Å². The molecule has 1 aliphatic rings. The molecule has 164 valence electrons. The van der Waals surface area contributed by atoms with Crippen molar-refractivity contribution in [1.82, 2.24) is 15.1 Å². The zero-order valence-electron chi connectivity index (χ0n) is 16.0. The van der Waals surface area contributed by atoms with E-state index in [1.54, 1.807) is 16.3 Å². The smallest absolute Gasteiger partial charge is 0.324 e. The van der Waals surface area contributed by atoms with Gasteiger partial charge in [0, 0.05) is 51.9 Å². The minimum Gasteiger partial charge on any atom is -0.415 e. The number of carbonyl (C=O) groups excluding carboxylic acids is 1. The largest absolute Gasteiger partial charge is 0.415 e. The van der Waals surface area contributed by atoms with Crippen molar-refractivity contribution in [2.75, 3.05) is 29.5 Å². The molecule has 7 nitrogen and oxygen atoms in total. The monoisotopic (exact) mass is 470 g/mol. The number of urea groups is 1. The SMILES string of the molecule is O=C(N1CCS(=O)CC1)N(Cc1ccc(-c2nnc(C(F)F)o2)cc1F)c1ccsc1. The molecule has 0 bridgehead atoms. The number of carbonyl (C=O) groups is 1. The molecule has 0 atom stereocenters. The van der Waals surface area contributed by atoms with E-state index in [1.807, 2.05) is 5.38 Å². The normalized spacial score (nSPS) is 14.9. The summed E-state index contributed by atoms with van der Waals surface area (Å²) in [6, 6.07) is 5.51. The van der Waals surface area contributed by atoms with Crippen LogP contribution in [0, 0.1) is 5.82 Å². The van der Waals surface area contributed by atoms with Crippen LogP contribution >= 0.6 is 11.3 Å². The summed E-state index contributed by atoms with van der Waals surface area (Å²) >= 11 is 1.41. The Morgan fingerprint density at radius 3 is 2.65 bits per heavy atom. The molecule has 0 N–H and O–H groups in total. The van der Waals surface area contributed by atoms with Crippen LogP contribution in [0.15, 0.2) is 39.4 Å². The van der Waals surface area contributed by atoms with Gasteiger partial charge in [0.25, 0.3) is 5.89 Å². The van der Waals surface area contributed by atoms with E-state index in [4.69, 9.17) is 4.42 Å². The van der Waals surface area contributed by atoms with Gasteiger partial charge in [-0.1, -0.05) is 6.07 Å². The van der Waals surface area contributed by atoms with Crippen LogP contribution in [0.25, 0.3) is 11.5 Å². The zero-order chi connectivity index (χ0) is 22.0. The fourth-order valence-electron chi connectivity index (χ4n) is 3.10. The second-order valence-corrected chi connectivity index (χ2v) is 9.21. The van der Waals surface area contributed by atoms with Gasteiger partial charge >= 0.3 is 12.5 Å². The molecule has 2 amide bonds. The molecule has 1 aromatic carbocycles. The first-order chi connectivity index (χ1) is 14.9. The molecular formula is C19H17F3N4O3S2. The van der Waals surface area contributed by atoms with Crippen LogP contribution < -0.4 is 4.90 Å². The van der Waals surface area contributed by atoms with Crippen molar-refractivity contribution in [1.29, 1.82) is 0 Å². The summed E-state index contributed by atoms with van der Waals surface area (Å²) in [5.74, 6) is -0.861. The Labute approximate surface area is 181 Å². The zero-order valence-corrected chi connectivity index (χ0v) is 17.7. The summed E-state index contributed by atoms with van der Waals surface area (Å²) in [6.45, 7) is 0.710. The second-order valence-electron chi connectivity index (χ2n) is 6.74. The summed E-state index contributed by atoms with van der Waals surface area (Å²) in [4.78, 5) is 16.2. The highest BCUT2D eigenvalue weighted by molar-refractivity contribution is 7.85. The van der Waals surface area contributed by atoms with E-state index in [0.29, 0.717) is 30.3 Å². The summed E-state index contributed by atoms with van der Waals surface area (Å²) in [5.41, 5.74) is 1.02. The predicted octanol–water partition coefficient (Wildman–Crippen LogP) is 4.07. The Balaban J connectivity index is 1.56. The van der Waals surface area contributed by atoms with Crippen LogP contribution in [-0.4, -0.2) is 49.9 Å². The van der Waals surface area contributed by atoms with Crippen LogP contribution in [0.4, 0.5) is 23.7 Å². The molecule has 0 unspecified atom stereocenters. The molecular weight excluding hydrogens is 453 g/mol. The van der Waals surface area contributed by atoms with E-state index >= 15 is 0 Å². The van der Waals surface area contributed by atoms with Gasteiger partial charge in [0.05, 0.1) is 12.2 Å². The maximum atomic E-state index is 14.8. The van der Waals surface area contributed by atoms with E-state index in [9.17, 15) is 22.2 Å². The number of halogens is 3. The first-order valence-electron chi connectivity index (χ1n) is 9.26. The molecule has 3 heterocycles. The quantitative estimate of drug-likeness (QED) is 0.562. The Kier molecular flexibility index (Phi) is 6.37. The molecule has 1 fully saturated rings. The lowest BCUT2D eigenvalue weighted by molar-refractivity contribution is 0.116. The molecule has 2 aromatic heterocycles. The molecule has 31 heavy (non-hydrogen) atoms. The first-order valence-corrected chi connectivity index (χ1v) is 11.7. The molecule has 4 rings (SSSR count). The third-order valence-electron chi connectivity index (χ3n) is 4.75. The lowest BCUT2D eigenvalue weighted by atomic mass is 10.1. The molecule has 0 radical (unpaired) electrons. The molecule has 0 saturated carbocycles. The summed E-state index contributed by atoms with van der Waals surface area (Å²) < 4.78 is 56.6. The van der Waals surface area contributed by atoms with Crippen molar-refractivity contribution in [2.45, 2.75) is 13.0 Å². The van der Waals surface area contributed by atoms with Crippen molar-refractivity contribution < 1.29 is 26.6 Å². The highest BCUT2D eigenvalue weighted by Gasteiger charge is 2.27. The first kappa shape index (κ1) is 21.5. The Hall–Kier alpha value is -2.73. The highest BCUT2D eigenvalue weighted by atomic mass is 32.2. The number of aromatic nitrogens is 2. The van der Waals surface area contributed by atoms with Gasteiger partial charge in [-0.3, -0.25) is 9.11 Å². The number of hydrogen-bond acceptors (Lipinski definition) is 6. The van der Waals surface area contributed by atoms with Crippen LogP contribution in [0.1, 0.15) is 17.9 Å².